The Morgan fingerprint density at radius 2 is 2.20 bits per heavy atom. The number of carbonyl (C=O) groups excluding carboxylic acids is 1. The SMILES string of the molecule is CCCCN(CC)C(=O)c1ccc(C#CCCO)cn1. The van der Waals surface area contributed by atoms with Crippen LogP contribution < -0.4 is 0 Å². The van der Waals surface area contributed by atoms with E-state index in [9.17, 15) is 4.79 Å². The molecule has 108 valence electrons. The largest absolute Gasteiger partial charge is 0.395 e. The molecule has 1 aromatic heterocycles. The Morgan fingerprint density at radius 1 is 1.40 bits per heavy atom. The first kappa shape index (κ1) is 16.2. The molecule has 0 aliphatic heterocycles. The average molecular weight is 274 g/mol. The van der Waals surface area contributed by atoms with E-state index < -0.39 is 0 Å². The number of amides is 1. The van der Waals surface area contributed by atoms with Crippen molar-refractivity contribution in [3.8, 4) is 11.8 Å². The quantitative estimate of drug-likeness (QED) is 0.808. The first-order chi connectivity index (χ1) is 9.72. The number of pyridine rings is 1. The molecule has 0 fully saturated rings. The third-order valence-electron chi connectivity index (χ3n) is 2.90. The summed E-state index contributed by atoms with van der Waals surface area (Å²) in [6.45, 7) is 5.60. The van der Waals surface area contributed by atoms with Gasteiger partial charge in [0.05, 0.1) is 6.61 Å². The van der Waals surface area contributed by atoms with Crippen molar-refractivity contribution in [3.63, 3.8) is 0 Å². The summed E-state index contributed by atoms with van der Waals surface area (Å²) in [5, 5.41) is 8.65. The molecule has 1 N–H and O–H groups in total. The molecule has 0 spiro atoms. The van der Waals surface area contributed by atoms with E-state index in [4.69, 9.17) is 5.11 Å². The van der Waals surface area contributed by atoms with E-state index >= 15 is 0 Å². The molecule has 0 aromatic carbocycles. The highest BCUT2D eigenvalue weighted by molar-refractivity contribution is 5.92. The molecule has 0 aliphatic rings. The molecule has 0 saturated carbocycles. The van der Waals surface area contributed by atoms with Gasteiger partial charge >= 0.3 is 0 Å². The number of nitrogens with zero attached hydrogens (tertiary/aromatic N) is 2. The Labute approximate surface area is 120 Å². The number of aliphatic hydroxyl groups is 1. The fourth-order valence-corrected chi connectivity index (χ4v) is 1.73. The lowest BCUT2D eigenvalue weighted by Gasteiger charge is -2.19. The van der Waals surface area contributed by atoms with Crippen molar-refractivity contribution in [2.24, 2.45) is 0 Å². The van der Waals surface area contributed by atoms with Gasteiger partial charge in [-0.3, -0.25) is 4.79 Å². The molecule has 4 nitrogen and oxygen atoms in total. The van der Waals surface area contributed by atoms with Crippen LogP contribution in [0, 0.1) is 11.8 Å². The summed E-state index contributed by atoms with van der Waals surface area (Å²) in [6.07, 6.45) is 4.12. The maximum atomic E-state index is 12.2. The van der Waals surface area contributed by atoms with Gasteiger partial charge in [-0.15, -0.1) is 0 Å². The van der Waals surface area contributed by atoms with E-state index in [1.165, 1.54) is 0 Å². The monoisotopic (exact) mass is 274 g/mol. The van der Waals surface area contributed by atoms with Crippen molar-refractivity contribution in [1.82, 2.24) is 9.88 Å². The van der Waals surface area contributed by atoms with E-state index in [2.05, 4.69) is 23.7 Å². The highest BCUT2D eigenvalue weighted by atomic mass is 16.2. The molecule has 1 heterocycles. The van der Waals surface area contributed by atoms with Crippen molar-refractivity contribution in [2.45, 2.75) is 33.1 Å². The van der Waals surface area contributed by atoms with Crippen LogP contribution >= 0.6 is 0 Å². The summed E-state index contributed by atoms with van der Waals surface area (Å²) in [5.74, 6) is 5.69. The molecule has 4 heteroatoms. The van der Waals surface area contributed by atoms with Gasteiger partial charge in [0.1, 0.15) is 5.69 Å². The van der Waals surface area contributed by atoms with Crippen molar-refractivity contribution < 1.29 is 9.90 Å². The van der Waals surface area contributed by atoms with Gasteiger partial charge < -0.3 is 10.0 Å². The fourth-order valence-electron chi connectivity index (χ4n) is 1.73. The van der Waals surface area contributed by atoms with Gasteiger partial charge in [-0.2, -0.15) is 0 Å². The summed E-state index contributed by atoms with van der Waals surface area (Å²) in [5.41, 5.74) is 1.21. The normalized spacial score (nSPS) is 9.75. The van der Waals surface area contributed by atoms with E-state index in [1.54, 1.807) is 18.3 Å². The molecule has 0 atom stereocenters. The molecule has 0 radical (unpaired) electrons. The van der Waals surface area contributed by atoms with Crippen molar-refractivity contribution >= 4 is 5.91 Å². The molecule has 0 saturated heterocycles. The predicted molar refractivity (Wildman–Crippen MR) is 79.3 cm³/mol. The van der Waals surface area contributed by atoms with Crippen LogP contribution in [0.5, 0.6) is 0 Å². The summed E-state index contributed by atoms with van der Waals surface area (Å²) in [4.78, 5) is 18.2. The third kappa shape index (κ3) is 5.02. The molecular weight excluding hydrogens is 252 g/mol. The number of hydrogen-bond donors (Lipinski definition) is 1. The Hall–Kier alpha value is -1.86. The van der Waals surface area contributed by atoms with Crippen molar-refractivity contribution in [3.05, 3.63) is 29.6 Å². The Kier molecular flexibility index (Phi) is 7.38. The van der Waals surface area contributed by atoms with Gasteiger partial charge in [-0.05, 0) is 25.5 Å². The second-order valence-corrected chi connectivity index (χ2v) is 4.45. The first-order valence-corrected chi connectivity index (χ1v) is 7.08. The van der Waals surface area contributed by atoms with Crippen LogP contribution in [0.4, 0.5) is 0 Å². The molecule has 20 heavy (non-hydrogen) atoms. The van der Waals surface area contributed by atoms with Crippen LogP contribution in [0.25, 0.3) is 0 Å². The van der Waals surface area contributed by atoms with Crippen molar-refractivity contribution in [1.29, 1.82) is 0 Å². The van der Waals surface area contributed by atoms with Gasteiger partial charge in [0.2, 0.25) is 0 Å². The van der Waals surface area contributed by atoms with E-state index in [1.807, 2.05) is 11.8 Å². The van der Waals surface area contributed by atoms with Crippen LogP contribution in [0.15, 0.2) is 18.3 Å². The highest BCUT2D eigenvalue weighted by Crippen LogP contribution is 2.05. The lowest BCUT2D eigenvalue weighted by molar-refractivity contribution is 0.0756. The van der Waals surface area contributed by atoms with Gasteiger partial charge in [0.25, 0.3) is 5.91 Å². The summed E-state index contributed by atoms with van der Waals surface area (Å²) in [6, 6.07) is 3.50. The molecular formula is C16H22N2O2. The van der Waals surface area contributed by atoms with Crippen molar-refractivity contribution in [2.75, 3.05) is 19.7 Å². The smallest absolute Gasteiger partial charge is 0.272 e. The van der Waals surface area contributed by atoms with Crippen LogP contribution in [-0.2, 0) is 0 Å². The molecule has 0 aliphatic carbocycles. The number of carbonyl (C=O) groups is 1. The van der Waals surface area contributed by atoms with Gasteiger partial charge in [0, 0.05) is 31.3 Å². The minimum absolute atomic E-state index is 0.0317. The number of aliphatic hydroxyl groups excluding tert-OH is 1. The maximum absolute atomic E-state index is 12.2. The summed E-state index contributed by atoms with van der Waals surface area (Å²) >= 11 is 0. The summed E-state index contributed by atoms with van der Waals surface area (Å²) in [7, 11) is 0. The zero-order valence-corrected chi connectivity index (χ0v) is 12.2. The highest BCUT2D eigenvalue weighted by Gasteiger charge is 2.14. The Bertz CT molecular complexity index is 471. The minimum atomic E-state index is -0.0317. The molecule has 1 aromatic rings. The third-order valence-corrected chi connectivity index (χ3v) is 2.90. The topological polar surface area (TPSA) is 53.4 Å². The minimum Gasteiger partial charge on any atom is -0.395 e. The Morgan fingerprint density at radius 3 is 2.75 bits per heavy atom. The van der Waals surface area contributed by atoms with E-state index in [-0.39, 0.29) is 12.5 Å². The lowest BCUT2D eigenvalue weighted by Crippen LogP contribution is -2.32. The zero-order chi connectivity index (χ0) is 14.8. The van der Waals surface area contributed by atoms with Crippen LogP contribution in [0.3, 0.4) is 0 Å². The van der Waals surface area contributed by atoms with E-state index in [0.717, 1.165) is 24.9 Å². The second kappa shape index (κ2) is 9.11. The zero-order valence-electron chi connectivity index (χ0n) is 12.2. The van der Waals surface area contributed by atoms with Crippen LogP contribution in [0.2, 0.25) is 0 Å². The fraction of sp³-hybridized carbons (Fsp3) is 0.500. The summed E-state index contributed by atoms with van der Waals surface area (Å²) < 4.78 is 0. The van der Waals surface area contributed by atoms with E-state index in [0.29, 0.717) is 18.7 Å². The Balaban J connectivity index is 2.72. The standard InChI is InChI=1S/C16H22N2O2/c1-3-5-11-18(4-2)16(20)15-10-9-14(13-17-15)8-6-7-12-19/h9-10,13,19H,3-5,7,11-12H2,1-2H3. The van der Waals surface area contributed by atoms with Gasteiger partial charge in [-0.1, -0.05) is 25.2 Å². The number of unbranched alkanes of at least 4 members (excludes halogenated alkanes) is 1. The molecule has 0 bridgehead atoms. The van der Waals surface area contributed by atoms with Gasteiger partial charge in [0.15, 0.2) is 0 Å². The molecule has 0 unspecified atom stereocenters. The maximum Gasteiger partial charge on any atom is 0.272 e. The van der Waals surface area contributed by atoms with Crippen LogP contribution in [0.1, 0.15) is 49.2 Å². The number of hydrogen-bond acceptors (Lipinski definition) is 3. The lowest BCUT2D eigenvalue weighted by atomic mass is 10.2. The first-order valence-electron chi connectivity index (χ1n) is 7.08. The predicted octanol–water partition coefficient (Wildman–Crippen LogP) is 2.08. The van der Waals surface area contributed by atoms with Gasteiger partial charge in [-0.25, -0.2) is 4.98 Å². The second-order valence-electron chi connectivity index (χ2n) is 4.45. The molecule has 1 amide bonds. The number of aromatic nitrogens is 1. The average Bonchev–Trinajstić information content (AvgIpc) is 2.49. The van der Waals surface area contributed by atoms with Crippen LogP contribution in [-0.4, -0.2) is 40.6 Å². The number of rotatable bonds is 6. The molecule has 1 rings (SSSR count).